The molecule has 0 saturated heterocycles. The van der Waals surface area contributed by atoms with Crippen molar-refractivity contribution < 1.29 is 18.7 Å². The molecule has 0 aliphatic carbocycles. The number of benzene rings is 3. The fourth-order valence-corrected chi connectivity index (χ4v) is 4.38. The van der Waals surface area contributed by atoms with E-state index >= 15 is 0 Å². The summed E-state index contributed by atoms with van der Waals surface area (Å²) in [5.41, 5.74) is 3.51. The van der Waals surface area contributed by atoms with E-state index in [1.807, 2.05) is 30.3 Å². The van der Waals surface area contributed by atoms with Gasteiger partial charge in [0.1, 0.15) is 11.5 Å². The molecule has 1 aromatic heterocycles. The molecule has 3 aromatic carbocycles. The summed E-state index contributed by atoms with van der Waals surface area (Å²) in [6, 6.07) is 25.0. The summed E-state index contributed by atoms with van der Waals surface area (Å²) in [5, 5.41) is 1.05. The number of carbonyl (C=O) groups is 2. The predicted octanol–water partition coefficient (Wildman–Crippen LogP) is 7.51. The van der Waals surface area contributed by atoms with Crippen LogP contribution in [0, 0.1) is 0 Å². The van der Waals surface area contributed by atoms with E-state index in [1.165, 1.54) is 7.11 Å². The summed E-state index contributed by atoms with van der Waals surface area (Å²) in [6.45, 7) is 0. The van der Waals surface area contributed by atoms with Crippen molar-refractivity contribution in [3.8, 4) is 11.3 Å². The second kappa shape index (κ2) is 9.90. The number of hydrogen-bond donors (Lipinski definition) is 0. The number of hydrogen-bond acceptors (Lipinski definition) is 4. The largest absolute Gasteiger partial charge is 0.465 e. The number of ether oxygens (including phenoxy) is 1. The lowest BCUT2D eigenvalue weighted by Gasteiger charge is -2.21. The number of nitrogens with zero attached hydrogens (tertiary/aromatic N) is 1. The number of carbonyl (C=O) groups excluding carboxylic acids is 2. The zero-order chi connectivity index (χ0) is 25.2. The highest BCUT2D eigenvalue weighted by Crippen LogP contribution is 2.37. The standard InChI is InChI=1S/C29H19Cl2NO4/c1-35-29(34)19-8-5-9-22(14-19)32-26(18-6-3-2-4-7-18)16-20(28(32)33)15-23-11-13-27(36-23)24-17-21(30)10-12-25(24)31/h2-17H,1H3/b20-15+. The van der Waals surface area contributed by atoms with E-state index < -0.39 is 5.97 Å². The molecule has 2 heterocycles. The normalized spacial score (nSPS) is 14.3. The second-order valence-electron chi connectivity index (χ2n) is 8.00. The Morgan fingerprint density at radius 2 is 1.75 bits per heavy atom. The summed E-state index contributed by atoms with van der Waals surface area (Å²) >= 11 is 12.4. The smallest absolute Gasteiger partial charge is 0.337 e. The van der Waals surface area contributed by atoms with Gasteiger partial charge in [-0.3, -0.25) is 9.69 Å². The van der Waals surface area contributed by atoms with Gasteiger partial charge >= 0.3 is 5.97 Å². The Morgan fingerprint density at radius 1 is 0.944 bits per heavy atom. The van der Waals surface area contributed by atoms with Gasteiger partial charge in [-0.15, -0.1) is 0 Å². The Hall–Kier alpha value is -4.06. The Labute approximate surface area is 217 Å². The van der Waals surface area contributed by atoms with Crippen LogP contribution in [0.5, 0.6) is 0 Å². The van der Waals surface area contributed by atoms with Gasteiger partial charge in [0.2, 0.25) is 0 Å². The fourth-order valence-electron chi connectivity index (χ4n) is 4.00. The molecular weight excluding hydrogens is 497 g/mol. The molecule has 4 aromatic rings. The first-order valence-corrected chi connectivity index (χ1v) is 11.8. The Balaban J connectivity index is 1.56. The molecule has 178 valence electrons. The minimum absolute atomic E-state index is 0.255. The average molecular weight is 516 g/mol. The van der Waals surface area contributed by atoms with Gasteiger partial charge in [0.15, 0.2) is 0 Å². The van der Waals surface area contributed by atoms with Crippen molar-refractivity contribution >= 4 is 52.5 Å². The van der Waals surface area contributed by atoms with Crippen LogP contribution in [0.1, 0.15) is 21.7 Å². The molecule has 0 saturated carbocycles. The maximum absolute atomic E-state index is 13.6. The SMILES string of the molecule is COC(=O)c1cccc(N2C(=O)/C(=C/c3ccc(-c4cc(Cl)ccc4Cl)o3)C=C2c2ccccc2)c1. The highest BCUT2D eigenvalue weighted by atomic mass is 35.5. The maximum atomic E-state index is 13.6. The maximum Gasteiger partial charge on any atom is 0.337 e. The summed E-state index contributed by atoms with van der Waals surface area (Å²) in [5.74, 6) is 0.287. The van der Waals surface area contributed by atoms with Crippen LogP contribution in [0.3, 0.4) is 0 Å². The molecule has 0 atom stereocenters. The summed E-state index contributed by atoms with van der Waals surface area (Å²) < 4.78 is 10.8. The number of methoxy groups -OCH3 is 1. The van der Waals surface area contributed by atoms with Gasteiger partial charge in [0, 0.05) is 16.2 Å². The molecule has 0 bridgehead atoms. The topological polar surface area (TPSA) is 59.8 Å². The third kappa shape index (κ3) is 4.59. The minimum atomic E-state index is -0.479. The van der Waals surface area contributed by atoms with Gasteiger partial charge in [-0.2, -0.15) is 0 Å². The number of halogens is 2. The molecule has 1 amide bonds. The minimum Gasteiger partial charge on any atom is -0.465 e. The van der Waals surface area contributed by atoms with Crippen molar-refractivity contribution in [1.29, 1.82) is 0 Å². The van der Waals surface area contributed by atoms with E-state index in [-0.39, 0.29) is 5.91 Å². The van der Waals surface area contributed by atoms with Crippen molar-refractivity contribution in [2.24, 2.45) is 0 Å². The molecule has 0 unspecified atom stereocenters. The van der Waals surface area contributed by atoms with E-state index in [1.54, 1.807) is 71.6 Å². The third-order valence-electron chi connectivity index (χ3n) is 5.70. The number of amides is 1. The zero-order valence-electron chi connectivity index (χ0n) is 19.1. The first-order valence-electron chi connectivity index (χ1n) is 11.0. The zero-order valence-corrected chi connectivity index (χ0v) is 20.6. The van der Waals surface area contributed by atoms with Gasteiger partial charge in [-0.05, 0) is 66.2 Å². The second-order valence-corrected chi connectivity index (χ2v) is 8.85. The van der Waals surface area contributed by atoms with Gasteiger partial charge < -0.3 is 9.15 Å². The van der Waals surface area contributed by atoms with E-state index in [0.717, 1.165) is 5.56 Å². The summed E-state index contributed by atoms with van der Waals surface area (Å²) in [7, 11) is 1.32. The predicted molar refractivity (Wildman–Crippen MR) is 142 cm³/mol. The van der Waals surface area contributed by atoms with Crippen LogP contribution in [0.25, 0.3) is 23.1 Å². The van der Waals surface area contributed by atoms with Gasteiger partial charge in [-0.1, -0.05) is 59.6 Å². The van der Waals surface area contributed by atoms with Crippen molar-refractivity contribution in [2.45, 2.75) is 0 Å². The van der Waals surface area contributed by atoms with E-state index in [9.17, 15) is 9.59 Å². The molecule has 0 spiro atoms. The van der Waals surface area contributed by atoms with Crippen molar-refractivity contribution in [3.05, 3.63) is 124 Å². The first kappa shape index (κ1) is 23.7. The summed E-state index contributed by atoms with van der Waals surface area (Å²) in [6.07, 6.45) is 3.48. The molecule has 5 rings (SSSR count). The monoisotopic (exact) mass is 515 g/mol. The van der Waals surface area contributed by atoms with Crippen LogP contribution in [0.4, 0.5) is 5.69 Å². The van der Waals surface area contributed by atoms with E-state index in [2.05, 4.69) is 0 Å². The molecule has 0 radical (unpaired) electrons. The summed E-state index contributed by atoms with van der Waals surface area (Å²) in [4.78, 5) is 27.3. The molecule has 7 heteroatoms. The fraction of sp³-hybridized carbons (Fsp3) is 0.0345. The van der Waals surface area contributed by atoms with Gasteiger partial charge in [-0.25, -0.2) is 4.79 Å². The highest BCUT2D eigenvalue weighted by molar-refractivity contribution is 6.35. The Kier molecular flexibility index (Phi) is 6.51. The number of esters is 1. The van der Waals surface area contributed by atoms with Crippen molar-refractivity contribution in [2.75, 3.05) is 12.0 Å². The van der Waals surface area contributed by atoms with Crippen LogP contribution in [-0.4, -0.2) is 19.0 Å². The first-order chi connectivity index (χ1) is 17.4. The highest BCUT2D eigenvalue weighted by Gasteiger charge is 2.31. The van der Waals surface area contributed by atoms with E-state index in [0.29, 0.717) is 49.7 Å². The lowest BCUT2D eigenvalue weighted by Crippen LogP contribution is -2.25. The Bertz CT molecular complexity index is 1540. The Morgan fingerprint density at radius 3 is 2.53 bits per heavy atom. The van der Waals surface area contributed by atoms with Gasteiger partial charge in [0.05, 0.1) is 29.1 Å². The van der Waals surface area contributed by atoms with Crippen LogP contribution in [0.15, 0.2) is 101 Å². The van der Waals surface area contributed by atoms with Crippen LogP contribution >= 0.6 is 23.2 Å². The van der Waals surface area contributed by atoms with Crippen LogP contribution < -0.4 is 4.90 Å². The molecule has 36 heavy (non-hydrogen) atoms. The number of rotatable bonds is 5. The third-order valence-corrected chi connectivity index (χ3v) is 6.26. The lowest BCUT2D eigenvalue weighted by molar-refractivity contribution is -0.113. The molecule has 1 aliphatic heterocycles. The molecule has 1 aliphatic rings. The quantitative estimate of drug-likeness (QED) is 0.204. The number of furan rings is 1. The molecule has 0 fully saturated rings. The van der Waals surface area contributed by atoms with Crippen LogP contribution in [0.2, 0.25) is 10.0 Å². The molecule has 5 nitrogen and oxygen atoms in total. The molecular formula is C29H19Cl2NO4. The lowest BCUT2D eigenvalue weighted by atomic mass is 10.1. The van der Waals surface area contributed by atoms with E-state index in [4.69, 9.17) is 32.4 Å². The van der Waals surface area contributed by atoms with Gasteiger partial charge in [0.25, 0.3) is 5.91 Å². The number of anilines is 1. The van der Waals surface area contributed by atoms with Crippen molar-refractivity contribution in [1.82, 2.24) is 0 Å². The van der Waals surface area contributed by atoms with Crippen LogP contribution in [-0.2, 0) is 9.53 Å². The average Bonchev–Trinajstić information content (AvgIpc) is 3.50. The van der Waals surface area contributed by atoms with Crippen molar-refractivity contribution in [3.63, 3.8) is 0 Å². The molecule has 0 N–H and O–H groups in total.